The standard InChI is InChI=1S/C60H78N8O4.C56H52N4O6/c1-15-65(25-27-71-39-49-37-67(63-61-49)35-41-29-45(57(3,4)5)33-46(30-41)58(6,7)8)51-21-17-43(18-22-51)53-55(69)54(56(53)70)44-19-23-52(24-20-44)66(16-2)26-28-72-40-50-38-68(64-62-50)36-42-31-47(59(9,10)11)34-48(32-42)60(12,13)14;1-53(2,3)37-25-33-23-35(27-37)51(63)59-31-55-45-19-11-13-21-47(45)56(66-65-55,48-22-14-12-20-46(48)55)32-60-52(64)36-24-34(26-38(28-36)54(4,5)6)50(62)58-30-44-41-17-9-7-15-39(41)43(29-57-49(33)61)40-16-8-10-18-42(40)44/h17-24,29-34,37-38H,15-16,25-28,35-36,39-40H2,1-14H3;7-28H,29-32H2,1-6H3,(H,57,61)(H,58,62)(H,59,63)(H,60,64). The molecular weight excluding hydrogens is 1720 g/mol. The van der Waals surface area contributed by atoms with Gasteiger partial charge in [-0.25, -0.2) is 23.7 Å². The summed E-state index contributed by atoms with van der Waals surface area (Å²) in [6, 6.07) is 63.6. The predicted octanol–water partition coefficient (Wildman–Crippen LogP) is 19.3. The van der Waals surface area contributed by atoms with Crippen molar-refractivity contribution in [3.63, 3.8) is 0 Å². The first-order valence-corrected chi connectivity index (χ1v) is 48.2. The van der Waals surface area contributed by atoms with Gasteiger partial charge in [-0.3, -0.25) is 24.0 Å². The molecule has 138 heavy (non-hydrogen) atoms. The van der Waals surface area contributed by atoms with E-state index in [2.05, 4.69) is 185 Å². The average Bonchev–Trinajstić information content (AvgIpc) is 0.687. The van der Waals surface area contributed by atoms with E-state index in [1.54, 1.807) is 12.1 Å². The predicted molar refractivity (Wildman–Crippen MR) is 543 cm³/mol. The van der Waals surface area contributed by atoms with Gasteiger partial charge in [-0.2, -0.15) is 0 Å². The summed E-state index contributed by atoms with van der Waals surface area (Å²) >= 11 is 0. The largest absolute Gasteiger partial charge is 0.871 e. The molecule has 714 valence electrons. The Hall–Kier alpha value is -13.4. The quantitative estimate of drug-likeness (QED) is 0.0205. The minimum absolute atomic E-state index is 0.00412. The number of allylic oxidation sites excluding steroid dienone is 7. The molecule has 0 spiro atoms. The number of nitrogens with one attached hydrogen (secondary N) is 4. The molecule has 4 N–H and O–H groups in total. The number of hydrogen-bond acceptors (Lipinski definition) is 15. The van der Waals surface area contributed by atoms with Gasteiger partial charge in [0.25, 0.3) is 23.6 Å². The highest BCUT2D eigenvalue weighted by Gasteiger charge is 2.59. The Labute approximate surface area is 811 Å². The highest BCUT2D eigenvalue weighted by atomic mass is 17.2. The van der Waals surface area contributed by atoms with Gasteiger partial charge in [-0.05, 0) is 218 Å². The Morgan fingerprint density at radius 2 is 0.775 bits per heavy atom. The van der Waals surface area contributed by atoms with Crippen LogP contribution in [0.5, 0.6) is 0 Å². The van der Waals surface area contributed by atoms with Crippen molar-refractivity contribution in [2.24, 2.45) is 0 Å². The summed E-state index contributed by atoms with van der Waals surface area (Å²) in [4.78, 5) is 86.3. The molecule has 18 rings (SSSR count). The molecule has 10 aromatic carbocycles. The molecule has 12 aromatic rings. The molecule has 0 saturated carbocycles. The number of Topliss-reactive ketones (excluding diaryl/α,β-unsaturated/α-hetero) is 1. The molecule has 22 nitrogen and oxygen atoms in total. The van der Waals surface area contributed by atoms with Crippen LogP contribution in [-0.4, -0.2) is 122 Å². The fourth-order valence-electron chi connectivity index (χ4n) is 18.8. The number of benzene rings is 10. The lowest BCUT2D eigenvalue weighted by molar-refractivity contribution is -0.526. The normalized spacial score (nSPS) is 17.1. The number of carbonyl (C=O) groups excluding carboxylic acids is 5. The Morgan fingerprint density at radius 1 is 0.420 bits per heavy atom. The van der Waals surface area contributed by atoms with Crippen LogP contribution in [-0.2, 0) is 107 Å². The van der Waals surface area contributed by atoms with Crippen molar-refractivity contribution >= 4 is 67.9 Å². The van der Waals surface area contributed by atoms with Gasteiger partial charge in [0.15, 0.2) is 29.2 Å². The van der Waals surface area contributed by atoms with Crippen molar-refractivity contribution in [2.45, 2.75) is 222 Å². The van der Waals surface area contributed by atoms with Crippen molar-refractivity contribution < 1.29 is 52.9 Å². The number of ketones is 1. The van der Waals surface area contributed by atoms with Crippen LogP contribution in [0.15, 0.2) is 248 Å². The SMILES string of the molecule is CC(C)(C)c1cc2cc(c1)C(=O)NCC13OOC(CNC(=O)c4cc(cc(C(C)(C)C)c4)C(=O)NCc4c5ccccc5c(c5ccccc45)CNC2=O)(c2ccccc21)c1ccccc13.CCN(CCOCc1cn(Cc2cc(C(C)(C)C)cc(C(C)(C)C)c2)nn1)c1ccc(C2=C([O-])C(=C3C=CC(=[N+](CC)CCOCc4cn(Cc5cc(C(C)(C)C)cc(C(C)(C)C)c5)nn4)C=C3)C2=O)cc1. The van der Waals surface area contributed by atoms with Crippen molar-refractivity contribution in [1.82, 2.24) is 51.3 Å². The van der Waals surface area contributed by atoms with E-state index < -0.39 is 11.2 Å². The fourth-order valence-corrected chi connectivity index (χ4v) is 18.8. The van der Waals surface area contributed by atoms with E-state index in [1.165, 1.54) is 33.4 Å². The topological polar surface area (TPSA) is 261 Å². The van der Waals surface area contributed by atoms with E-state index >= 15 is 0 Å². The van der Waals surface area contributed by atoms with Crippen LogP contribution in [0.1, 0.15) is 275 Å². The molecular formula is C116H130N12O10. The van der Waals surface area contributed by atoms with Gasteiger partial charge in [-0.1, -0.05) is 286 Å². The molecule has 4 amide bonds. The number of aromatic nitrogens is 6. The second-order valence-corrected chi connectivity index (χ2v) is 43.2. The maximum absolute atomic E-state index is 14.5. The van der Waals surface area contributed by atoms with E-state index in [9.17, 15) is 29.1 Å². The summed E-state index contributed by atoms with van der Waals surface area (Å²) in [5.41, 5.74) is 17.9. The number of anilines is 1. The third-order valence-corrected chi connectivity index (χ3v) is 27.1. The van der Waals surface area contributed by atoms with Gasteiger partial charge < -0.3 is 40.7 Å². The number of carbonyl (C=O) groups is 5. The van der Waals surface area contributed by atoms with Crippen molar-refractivity contribution in [2.75, 3.05) is 57.4 Å². The number of ether oxygens (including phenoxy) is 2. The molecule has 8 bridgehead atoms. The van der Waals surface area contributed by atoms with Crippen molar-refractivity contribution in [3.8, 4) is 0 Å². The molecule has 0 unspecified atom stereocenters. The molecule has 2 aromatic heterocycles. The lowest BCUT2D eigenvalue weighted by atomic mass is 9.66. The van der Waals surface area contributed by atoms with Gasteiger partial charge in [-0.15, -0.1) is 10.2 Å². The first-order valence-electron chi connectivity index (χ1n) is 48.2. The molecule has 0 fully saturated rings. The Bertz CT molecular complexity index is 6500. The van der Waals surface area contributed by atoms with Crippen LogP contribution < -0.4 is 31.3 Å². The van der Waals surface area contributed by atoms with Gasteiger partial charge in [0.2, 0.25) is 0 Å². The number of amides is 4. The highest BCUT2D eigenvalue weighted by Crippen LogP contribution is 2.56. The second kappa shape index (κ2) is 38.9. The zero-order chi connectivity index (χ0) is 98.3. The van der Waals surface area contributed by atoms with Crippen LogP contribution in [0.4, 0.5) is 5.69 Å². The molecule has 0 radical (unpaired) electrons. The van der Waals surface area contributed by atoms with E-state index in [-0.39, 0.29) is 105 Å². The molecule has 22 heteroatoms. The first-order chi connectivity index (χ1) is 65.5. The van der Waals surface area contributed by atoms with Crippen LogP contribution in [0, 0.1) is 0 Å². The Morgan fingerprint density at radius 3 is 1.13 bits per heavy atom. The second-order valence-electron chi connectivity index (χ2n) is 43.2. The molecule has 3 aliphatic carbocycles. The molecule has 6 aliphatic rings. The third-order valence-electron chi connectivity index (χ3n) is 27.1. The average molecular weight is 1850 g/mol. The summed E-state index contributed by atoms with van der Waals surface area (Å²) in [5.74, 6) is -1.85. The highest BCUT2D eigenvalue weighted by molar-refractivity contribution is 6.39. The number of nitrogens with zero attached hydrogens (tertiary/aromatic N) is 8. The summed E-state index contributed by atoms with van der Waals surface area (Å²) in [6.45, 7) is 49.8. The number of fused-ring (bicyclic) bond motifs is 7. The number of likely N-dealkylation sites (N-methyl/N-ethyl adjacent to an activating group) is 2. The summed E-state index contributed by atoms with van der Waals surface area (Å²) in [6.07, 6.45) is 11.6. The third kappa shape index (κ3) is 20.8. The van der Waals surface area contributed by atoms with E-state index in [0.29, 0.717) is 86.0 Å². The minimum Gasteiger partial charge on any atom is -0.871 e. The van der Waals surface area contributed by atoms with Gasteiger partial charge in [0.05, 0.1) is 58.4 Å². The Kier molecular flexibility index (Phi) is 27.5. The number of rotatable bonds is 18. The monoisotopic (exact) mass is 1850 g/mol. The fraction of sp³-hybridized carbons (Fsp3) is 0.362. The van der Waals surface area contributed by atoms with Gasteiger partial charge in [0, 0.05) is 77.4 Å². The zero-order valence-corrected chi connectivity index (χ0v) is 83.5. The van der Waals surface area contributed by atoms with E-state index in [4.69, 9.17) is 19.2 Å². The molecule has 5 heterocycles. The lowest BCUT2D eigenvalue weighted by Gasteiger charge is -2.53. The summed E-state index contributed by atoms with van der Waals surface area (Å²) < 4.78 is 18.1. The number of hydrogen-bond donors (Lipinski definition) is 4. The van der Waals surface area contributed by atoms with E-state index in [0.717, 1.165) is 102 Å². The van der Waals surface area contributed by atoms with Crippen LogP contribution in [0.25, 0.3) is 27.1 Å². The maximum atomic E-state index is 14.5. The zero-order valence-electron chi connectivity index (χ0n) is 83.5. The van der Waals surface area contributed by atoms with Crippen LogP contribution in [0.3, 0.4) is 0 Å². The Balaban J connectivity index is 0.000000200. The molecule has 0 atom stereocenters. The maximum Gasteiger partial charge on any atom is 0.251 e. The van der Waals surface area contributed by atoms with Crippen molar-refractivity contribution in [3.05, 3.63) is 365 Å². The summed E-state index contributed by atoms with van der Waals surface area (Å²) in [7, 11) is 0. The van der Waals surface area contributed by atoms with Crippen LogP contribution >= 0.6 is 0 Å². The molecule has 0 saturated heterocycles. The minimum atomic E-state index is -1.24. The van der Waals surface area contributed by atoms with E-state index in [1.807, 2.05) is 233 Å². The van der Waals surface area contributed by atoms with Crippen LogP contribution in [0.2, 0.25) is 0 Å². The smallest absolute Gasteiger partial charge is 0.251 e. The molecule has 3 aliphatic heterocycles. The summed E-state index contributed by atoms with van der Waals surface area (Å²) in [5, 5.41) is 47.6. The van der Waals surface area contributed by atoms with Gasteiger partial charge >= 0.3 is 0 Å². The lowest BCUT2D eigenvalue weighted by Crippen LogP contribution is -2.59. The first kappa shape index (κ1) is 97.7. The van der Waals surface area contributed by atoms with Crippen molar-refractivity contribution in [1.29, 1.82) is 0 Å². The van der Waals surface area contributed by atoms with Gasteiger partial charge in [0.1, 0.15) is 24.5 Å².